The first kappa shape index (κ1) is 8.91. The molecule has 1 aliphatic heterocycles. The predicted octanol–water partition coefficient (Wildman–Crippen LogP) is 1.85. The first-order valence-corrected chi connectivity index (χ1v) is 5.22. The Balaban J connectivity index is 2.59. The van der Waals surface area contributed by atoms with Gasteiger partial charge in [-0.25, -0.2) is 0 Å². The monoisotopic (exact) mass is 172 g/mol. The molecule has 2 atom stereocenters. The lowest BCUT2D eigenvalue weighted by Gasteiger charge is -2.25. The molecular weight excluding hydrogens is 156 g/mol. The first-order valence-electron chi connectivity index (χ1n) is 4.24. The van der Waals surface area contributed by atoms with Crippen molar-refractivity contribution in [3.05, 3.63) is 0 Å². The largest absolute Gasteiger partial charge is 0.379 e. The van der Waals surface area contributed by atoms with Crippen LogP contribution in [0.15, 0.2) is 4.99 Å². The van der Waals surface area contributed by atoms with E-state index in [1.54, 1.807) is 11.8 Å². The second-order valence-corrected chi connectivity index (χ2v) is 3.96. The minimum absolute atomic E-state index is 0.487. The van der Waals surface area contributed by atoms with Crippen molar-refractivity contribution in [2.75, 3.05) is 5.75 Å². The number of amidine groups is 1. The Morgan fingerprint density at radius 3 is 2.82 bits per heavy atom. The minimum Gasteiger partial charge on any atom is -0.379 e. The maximum atomic E-state index is 5.63. The second-order valence-electron chi connectivity index (χ2n) is 2.92. The average Bonchev–Trinajstić information content (AvgIpc) is 2.04. The van der Waals surface area contributed by atoms with Crippen LogP contribution in [-0.2, 0) is 0 Å². The maximum Gasteiger partial charge on any atom is 0.154 e. The summed E-state index contributed by atoms with van der Waals surface area (Å²) in [7, 11) is 0. The summed E-state index contributed by atoms with van der Waals surface area (Å²) in [6.45, 7) is 4.41. The van der Waals surface area contributed by atoms with Crippen molar-refractivity contribution < 1.29 is 0 Å². The number of hydrogen-bond donors (Lipinski definition) is 1. The third-order valence-electron chi connectivity index (χ3n) is 2.23. The van der Waals surface area contributed by atoms with Crippen LogP contribution in [0, 0.1) is 5.92 Å². The van der Waals surface area contributed by atoms with Crippen molar-refractivity contribution >= 4 is 16.9 Å². The molecule has 0 saturated heterocycles. The van der Waals surface area contributed by atoms with E-state index >= 15 is 0 Å². The predicted molar refractivity (Wildman–Crippen MR) is 51.9 cm³/mol. The van der Waals surface area contributed by atoms with Crippen LogP contribution in [0.25, 0.3) is 0 Å². The quantitative estimate of drug-likeness (QED) is 0.690. The van der Waals surface area contributed by atoms with E-state index in [-0.39, 0.29) is 0 Å². The van der Waals surface area contributed by atoms with Gasteiger partial charge in [0.2, 0.25) is 0 Å². The van der Waals surface area contributed by atoms with Gasteiger partial charge in [-0.05, 0) is 12.3 Å². The van der Waals surface area contributed by atoms with Crippen molar-refractivity contribution in [1.82, 2.24) is 0 Å². The molecular formula is C8H16N2S. The fourth-order valence-corrected chi connectivity index (χ4v) is 2.48. The third kappa shape index (κ3) is 2.12. The standard InChI is InChI=1S/C8H16N2S/c1-3-6-5-11-8(9)10-7(6)4-2/h6-7H,3-5H2,1-2H3,(H2,9,10). The van der Waals surface area contributed by atoms with Crippen LogP contribution in [0.5, 0.6) is 0 Å². The van der Waals surface area contributed by atoms with Gasteiger partial charge < -0.3 is 5.73 Å². The molecule has 0 aromatic heterocycles. The van der Waals surface area contributed by atoms with E-state index in [0.717, 1.165) is 23.3 Å². The van der Waals surface area contributed by atoms with Gasteiger partial charge >= 0.3 is 0 Å². The summed E-state index contributed by atoms with van der Waals surface area (Å²) in [6, 6.07) is 0.487. The highest BCUT2D eigenvalue weighted by atomic mass is 32.2. The van der Waals surface area contributed by atoms with Gasteiger partial charge in [-0.2, -0.15) is 0 Å². The first-order chi connectivity index (χ1) is 5.27. The number of hydrogen-bond acceptors (Lipinski definition) is 3. The van der Waals surface area contributed by atoms with E-state index in [1.165, 1.54) is 6.42 Å². The molecule has 1 heterocycles. The molecule has 2 unspecified atom stereocenters. The average molecular weight is 172 g/mol. The molecule has 2 N–H and O–H groups in total. The number of nitrogens with zero attached hydrogens (tertiary/aromatic N) is 1. The van der Waals surface area contributed by atoms with Crippen molar-refractivity contribution in [3.63, 3.8) is 0 Å². The summed E-state index contributed by atoms with van der Waals surface area (Å²) < 4.78 is 0. The molecule has 0 spiro atoms. The molecule has 64 valence electrons. The number of aliphatic imine (C=N–C) groups is 1. The zero-order valence-corrected chi connectivity index (χ0v) is 8.03. The third-order valence-corrected chi connectivity index (χ3v) is 3.22. The normalized spacial score (nSPS) is 31.6. The SMILES string of the molecule is CCC1CSC(N)=NC1CC. The summed E-state index contributed by atoms with van der Waals surface area (Å²) in [6.07, 6.45) is 2.35. The van der Waals surface area contributed by atoms with E-state index in [1.807, 2.05) is 0 Å². The van der Waals surface area contributed by atoms with Crippen LogP contribution in [0.3, 0.4) is 0 Å². The fraction of sp³-hybridized carbons (Fsp3) is 0.875. The van der Waals surface area contributed by atoms with E-state index in [9.17, 15) is 0 Å². The molecule has 0 radical (unpaired) electrons. The van der Waals surface area contributed by atoms with Gasteiger partial charge in [0.1, 0.15) is 0 Å². The highest BCUT2D eigenvalue weighted by Gasteiger charge is 2.22. The molecule has 3 heteroatoms. The highest BCUT2D eigenvalue weighted by Crippen LogP contribution is 2.25. The molecule has 2 nitrogen and oxygen atoms in total. The number of rotatable bonds is 2. The highest BCUT2D eigenvalue weighted by molar-refractivity contribution is 8.13. The Morgan fingerprint density at radius 1 is 1.55 bits per heavy atom. The topological polar surface area (TPSA) is 38.4 Å². The summed E-state index contributed by atoms with van der Waals surface area (Å²) in [4.78, 5) is 4.41. The van der Waals surface area contributed by atoms with Gasteiger partial charge in [0.25, 0.3) is 0 Å². The number of nitrogens with two attached hydrogens (primary N) is 1. The van der Waals surface area contributed by atoms with Crippen molar-refractivity contribution in [3.8, 4) is 0 Å². The van der Waals surface area contributed by atoms with E-state index in [0.29, 0.717) is 6.04 Å². The molecule has 0 aromatic rings. The summed E-state index contributed by atoms with van der Waals surface area (Å²) >= 11 is 1.70. The van der Waals surface area contributed by atoms with Crippen LogP contribution < -0.4 is 5.73 Å². The lowest BCUT2D eigenvalue weighted by Crippen LogP contribution is -2.28. The molecule has 0 bridgehead atoms. The van der Waals surface area contributed by atoms with Gasteiger partial charge in [-0.15, -0.1) is 0 Å². The smallest absolute Gasteiger partial charge is 0.154 e. The fourth-order valence-electron chi connectivity index (χ4n) is 1.42. The van der Waals surface area contributed by atoms with Crippen molar-refractivity contribution in [2.45, 2.75) is 32.7 Å². The lowest BCUT2D eigenvalue weighted by atomic mass is 9.97. The summed E-state index contributed by atoms with van der Waals surface area (Å²) in [5, 5.41) is 0.779. The molecule has 0 aliphatic carbocycles. The molecule has 1 rings (SSSR count). The molecule has 11 heavy (non-hydrogen) atoms. The molecule has 0 saturated carbocycles. The molecule has 0 aromatic carbocycles. The molecule has 0 amide bonds. The van der Waals surface area contributed by atoms with Crippen molar-refractivity contribution in [2.24, 2.45) is 16.6 Å². The molecule has 0 fully saturated rings. The summed E-state index contributed by atoms with van der Waals surface area (Å²) in [5.74, 6) is 1.90. The van der Waals surface area contributed by atoms with Crippen molar-refractivity contribution in [1.29, 1.82) is 0 Å². The van der Waals surface area contributed by atoms with Gasteiger partial charge in [0.15, 0.2) is 5.17 Å². The van der Waals surface area contributed by atoms with E-state index < -0.39 is 0 Å². The Morgan fingerprint density at radius 2 is 2.27 bits per heavy atom. The van der Waals surface area contributed by atoms with Crippen LogP contribution in [-0.4, -0.2) is 17.0 Å². The van der Waals surface area contributed by atoms with Crippen LogP contribution in [0.1, 0.15) is 26.7 Å². The zero-order chi connectivity index (χ0) is 8.27. The summed E-state index contributed by atoms with van der Waals surface area (Å²) in [5.41, 5.74) is 5.63. The van der Waals surface area contributed by atoms with Gasteiger partial charge in [0, 0.05) is 5.75 Å². The molecule has 1 aliphatic rings. The van der Waals surface area contributed by atoms with Crippen LogP contribution in [0.4, 0.5) is 0 Å². The van der Waals surface area contributed by atoms with Gasteiger partial charge in [-0.3, -0.25) is 4.99 Å². The van der Waals surface area contributed by atoms with Gasteiger partial charge in [-0.1, -0.05) is 32.0 Å². The van der Waals surface area contributed by atoms with Crippen LogP contribution >= 0.6 is 11.8 Å². The van der Waals surface area contributed by atoms with Gasteiger partial charge in [0.05, 0.1) is 6.04 Å². The minimum atomic E-state index is 0.487. The maximum absolute atomic E-state index is 5.63. The van der Waals surface area contributed by atoms with E-state index in [2.05, 4.69) is 18.8 Å². The Labute approximate surface area is 72.6 Å². The van der Waals surface area contributed by atoms with Crippen LogP contribution in [0.2, 0.25) is 0 Å². The Hall–Kier alpha value is -0.180. The lowest BCUT2D eigenvalue weighted by molar-refractivity contribution is 0.439. The Kier molecular flexibility index (Phi) is 3.24. The number of thioether (sulfide) groups is 1. The second kappa shape index (κ2) is 4.00. The Bertz CT molecular complexity index is 156. The zero-order valence-electron chi connectivity index (χ0n) is 7.21. The van der Waals surface area contributed by atoms with E-state index in [4.69, 9.17) is 5.73 Å².